The SMILES string of the molecule is CCc1cc2ccccc2o1.CCc1oc2ccccc2c1C(=O)c1ccc([N+](=O)[O-])cc1Cl.O=C(Cl)c1ccc([N+](=O)[O-])cc1Cl. The Hall–Kier alpha value is -5.03. The van der Waals surface area contributed by atoms with Gasteiger partial charge in [0.15, 0.2) is 5.78 Å². The van der Waals surface area contributed by atoms with Crippen LogP contribution in [-0.4, -0.2) is 20.9 Å². The molecule has 240 valence electrons. The number of carbonyl (C=O) groups is 2. The van der Waals surface area contributed by atoms with Crippen molar-refractivity contribution in [2.75, 3.05) is 0 Å². The molecule has 0 saturated carbocycles. The van der Waals surface area contributed by atoms with E-state index in [-0.39, 0.29) is 38.3 Å². The van der Waals surface area contributed by atoms with Crippen LogP contribution >= 0.6 is 34.8 Å². The molecule has 0 aliphatic rings. The van der Waals surface area contributed by atoms with E-state index >= 15 is 0 Å². The molecule has 2 heterocycles. The number of fused-ring (bicyclic) bond motifs is 2. The van der Waals surface area contributed by atoms with Crippen LogP contribution in [0.4, 0.5) is 11.4 Å². The smallest absolute Gasteiger partial charge is 0.270 e. The molecule has 4 aromatic carbocycles. The normalized spacial score (nSPS) is 10.5. The van der Waals surface area contributed by atoms with Crippen molar-refractivity contribution in [2.45, 2.75) is 26.7 Å². The average Bonchev–Trinajstić information content (AvgIpc) is 3.66. The Bertz CT molecular complexity index is 2090. The minimum absolute atomic E-state index is 0.0193. The molecule has 0 aliphatic carbocycles. The van der Waals surface area contributed by atoms with Gasteiger partial charge in [-0.15, -0.1) is 0 Å². The highest BCUT2D eigenvalue weighted by Gasteiger charge is 2.23. The van der Waals surface area contributed by atoms with Gasteiger partial charge < -0.3 is 8.83 Å². The number of nitro groups is 2. The fourth-order valence-electron chi connectivity index (χ4n) is 4.52. The summed E-state index contributed by atoms with van der Waals surface area (Å²) in [4.78, 5) is 43.4. The summed E-state index contributed by atoms with van der Waals surface area (Å²) < 4.78 is 11.2. The van der Waals surface area contributed by atoms with Crippen LogP contribution in [0.25, 0.3) is 21.9 Å². The highest BCUT2D eigenvalue weighted by atomic mass is 35.5. The second-order valence-corrected chi connectivity index (χ2v) is 11.0. The lowest BCUT2D eigenvalue weighted by atomic mass is 9.99. The summed E-state index contributed by atoms with van der Waals surface area (Å²) in [5.41, 5.74) is 2.03. The number of benzene rings is 4. The third-order valence-electron chi connectivity index (χ3n) is 6.82. The number of aryl methyl sites for hydroxylation is 2. The quantitative estimate of drug-likeness (QED) is 0.0693. The number of para-hydroxylation sites is 2. The number of furan rings is 2. The van der Waals surface area contributed by atoms with Gasteiger partial charge in [-0.1, -0.05) is 73.4 Å². The van der Waals surface area contributed by atoms with Gasteiger partial charge in [0.1, 0.15) is 22.7 Å². The van der Waals surface area contributed by atoms with Crippen molar-refractivity contribution in [3.05, 3.63) is 149 Å². The third-order valence-corrected chi connectivity index (χ3v) is 7.65. The van der Waals surface area contributed by atoms with E-state index in [2.05, 4.69) is 19.1 Å². The molecule has 47 heavy (non-hydrogen) atoms. The van der Waals surface area contributed by atoms with Crippen molar-refractivity contribution >= 4 is 79.1 Å². The first-order chi connectivity index (χ1) is 22.4. The van der Waals surface area contributed by atoms with Gasteiger partial charge in [-0.2, -0.15) is 0 Å². The second kappa shape index (κ2) is 15.5. The van der Waals surface area contributed by atoms with Crippen LogP contribution in [0.3, 0.4) is 0 Å². The van der Waals surface area contributed by atoms with Gasteiger partial charge in [0, 0.05) is 53.4 Å². The van der Waals surface area contributed by atoms with Crippen LogP contribution in [0.5, 0.6) is 0 Å². The first-order valence-corrected chi connectivity index (χ1v) is 15.2. The van der Waals surface area contributed by atoms with E-state index in [9.17, 15) is 29.8 Å². The first-order valence-electron chi connectivity index (χ1n) is 14.0. The molecule has 0 aliphatic heterocycles. The standard InChI is InChI=1S/C17H12ClNO4.C10H10O.C7H3Cl2NO3/c1-2-14-16(12-5-3-4-6-15(12)23-14)17(20)11-8-7-10(19(21)22)9-13(11)18;1-2-9-7-8-5-3-4-6-10(8)11-9;8-6-3-4(10(12)13)1-2-5(6)7(9)11/h3-9H,2H2,1H3;3-7H,2H2,1H3;1-3H. The molecule has 0 spiro atoms. The van der Waals surface area contributed by atoms with Crippen LogP contribution in [-0.2, 0) is 12.8 Å². The van der Waals surface area contributed by atoms with Crippen LogP contribution in [0.1, 0.15) is 51.6 Å². The van der Waals surface area contributed by atoms with Gasteiger partial charge in [-0.25, -0.2) is 0 Å². The molecule has 0 atom stereocenters. The minimum Gasteiger partial charge on any atom is -0.461 e. The van der Waals surface area contributed by atoms with Crippen LogP contribution in [0.2, 0.25) is 10.0 Å². The maximum Gasteiger partial charge on any atom is 0.270 e. The van der Waals surface area contributed by atoms with E-state index in [1.165, 1.54) is 35.7 Å². The molecule has 0 saturated heterocycles. The Kier molecular flexibility index (Phi) is 11.5. The fraction of sp³-hybridized carbons (Fsp3) is 0.118. The van der Waals surface area contributed by atoms with Crippen molar-refractivity contribution in [3.8, 4) is 0 Å². The van der Waals surface area contributed by atoms with Crippen LogP contribution in [0, 0.1) is 20.2 Å². The Labute approximate surface area is 282 Å². The van der Waals surface area contributed by atoms with E-state index in [4.69, 9.17) is 43.6 Å². The van der Waals surface area contributed by atoms with Crippen molar-refractivity contribution in [3.63, 3.8) is 0 Å². The number of nitro benzene ring substituents is 2. The molecule has 0 N–H and O–H groups in total. The molecular formula is C34H25Cl3N2O8. The Morgan fingerprint density at radius 3 is 1.77 bits per heavy atom. The summed E-state index contributed by atoms with van der Waals surface area (Å²) in [5, 5.41) is 22.3. The predicted octanol–water partition coefficient (Wildman–Crippen LogP) is 10.4. The van der Waals surface area contributed by atoms with Gasteiger partial charge in [-0.3, -0.25) is 29.8 Å². The molecule has 0 fully saturated rings. The summed E-state index contributed by atoms with van der Waals surface area (Å²) in [5.74, 6) is 1.34. The summed E-state index contributed by atoms with van der Waals surface area (Å²) >= 11 is 16.8. The minimum atomic E-state index is -0.736. The zero-order valence-corrected chi connectivity index (χ0v) is 27.1. The predicted molar refractivity (Wildman–Crippen MR) is 181 cm³/mol. The average molecular weight is 696 g/mol. The summed E-state index contributed by atoms with van der Waals surface area (Å²) in [6, 6.07) is 24.7. The number of halogens is 3. The monoisotopic (exact) mass is 694 g/mol. The van der Waals surface area contributed by atoms with Gasteiger partial charge in [0.05, 0.1) is 31.0 Å². The molecule has 0 bridgehead atoms. The van der Waals surface area contributed by atoms with Crippen molar-refractivity contribution < 1.29 is 28.3 Å². The largest absolute Gasteiger partial charge is 0.461 e. The molecule has 0 unspecified atom stereocenters. The zero-order valence-electron chi connectivity index (χ0n) is 24.9. The maximum absolute atomic E-state index is 12.9. The van der Waals surface area contributed by atoms with Gasteiger partial charge in [0.2, 0.25) is 0 Å². The van der Waals surface area contributed by atoms with E-state index in [1.807, 2.05) is 43.3 Å². The fourth-order valence-corrected chi connectivity index (χ4v) is 5.25. The molecule has 10 nitrogen and oxygen atoms in total. The van der Waals surface area contributed by atoms with E-state index < -0.39 is 15.1 Å². The number of ketones is 1. The van der Waals surface area contributed by atoms with Crippen LogP contribution in [0.15, 0.2) is 99.8 Å². The molecular weight excluding hydrogens is 671 g/mol. The maximum atomic E-state index is 12.9. The number of carbonyl (C=O) groups excluding carboxylic acids is 2. The van der Waals surface area contributed by atoms with Crippen molar-refractivity contribution in [1.82, 2.24) is 0 Å². The number of hydrogen-bond donors (Lipinski definition) is 0. The highest BCUT2D eigenvalue weighted by Crippen LogP contribution is 2.32. The molecule has 0 amide bonds. The molecule has 2 aromatic heterocycles. The number of rotatable bonds is 7. The van der Waals surface area contributed by atoms with Gasteiger partial charge in [0.25, 0.3) is 16.6 Å². The van der Waals surface area contributed by atoms with E-state index in [1.54, 1.807) is 6.07 Å². The summed E-state index contributed by atoms with van der Waals surface area (Å²) in [7, 11) is 0. The van der Waals surface area contributed by atoms with Gasteiger partial charge >= 0.3 is 0 Å². The molecule has 0 radical (unpaired) electrons. The summed E-state index contributed by atoms with van der Waals surface area (Å²) in [6.07, 6.45) is 1.52. The lowest BCUT2D eigenvalue weighted by Crippen LogP contribution is -2.04. The third kappa shape index (κ3) is 8.23. The zero-order chi connectivity index (χ0) is 34.2. The van der Waals surface area contributed by atoms with Crippen LogP contribution < -0.4 is 0 Å². The lowest BCUT2D eigenvalue weighted by molar-refractivity contribution is -0.385. The Morgan fingerprint density at radius 1 is 0.702 bits per heavy atom. The number of nitrogens with zero attached hydrogens (tertiary/aromatic N) is 2. The van der Waals surface area contributed by atoms with Gasteiger partial charge in [-0.05, 0) is 41.9 Å². The first kappa shape index (κ1) is 34.8. The molecule has 13 heteroatoms. The lowest BCUT2D eigenvalue weighted by Gasteiger charge is -2.04. The summed E-state index contributed by atoms with van der Waals surface area (Å²) in [6.45, 7) is 3.99. The molecule has 6 aromatic rings. The number of non-ortho nitro benzene ring substituents is 2. The highest BCUT2D eigenvalue weighted by molar-refractivity contribution is 6.68. The number of hydrogen-bond acceptors (Lipinski definition) is 8. The van der Waals surface area contributed by atoms with Crippen molar-refractivity contribution in [2.24, 2.45) is 0 Å². The Morgan fingerprint density at radius 2 is 1.26 bits per heavy atom. The topological polar surface area (TPSA) is 147 Å². The van der Waals surface area contributed by atoms with E-state index in [0.717, 1.165) is 23.8 Å². The second-order valence-electron chi connectivity index (χ2n) is 9.80. The molecule has 6 rings (SSSR count). The van der Waals surface area contributed by atoms with Crippen molar-refractivity contribution in [1.29, 1.82) is 0 Å². The van der Waals surface area contributed by atoms with E-state index in [0.29, 0.717) is 28.7 Å². The Balaban J connectivity index is 0.000000176.